The number of nitrogens with zero attached hydrogens (tertiary/aromatic N) is 4. The maximum atomic E-state index is 12.9. The van der Waals surface area contributed by atoms with Gasteiger partial charge in [0.1, 0.15) is 6.54 Å². The van der Waals surface area contributed by atoms with E-state index < -0.39 is 19.1 Å². The summed E-state index contributed by atoms with van der Waals surface area (Å²) in [5, 5.41) is 13.9. The normalized spacial score (nSPS) is 18.7. The lowest BCUT2D eigenvalue weighted by molar-refractivity contribution is 0.0731. The van der Waals surface area contributed by atoms with Crippen LogP contribution in [0.4, 0.5) is 13.6 Å². The van der Waals surface area contributed by atoms with E-state index in [1.807, 2.05) is 6.07 Å². The third-order valence-corrected chi connectivity index (χ3v) is 5.91. The summed E-state index contributed by atoms with van der Waals surface area (Å²) >= 11 is 6.31. The Morgan fingerprint density at radius 1 is 1.30 bits per heavy atom. The molecule has 0 bridgehead atoms. The zero-order valence-corrected chi connectivity index (χ0v) is 16.9. The van der Waals surface area contributed by atoms with Crippen LogP contribution in [0.25, 0.3) is 0 Å². The minimum Gasteiger partial charge on any atom is -0.465 e. The van der Waals surface area contributed by atoms with E-state index in [1.165, 1.54) is 17.3 Å². The van der Waals surface area contributed by atoms with Crippen molar-refractivity contribution in [2.75, 3.05) is 13.1 Å². The average molecular weight is 439 g/mol. The molecule has 1 N–H and O–H groups in total. The quantitative estimate of drug-likeness (QED) is 0.787. The molecule has 1 atom stereocenters. The number of carbonyl (C=O) groups is 2. The van der Waals surface area contributed by atoms with E-state index in [0.29, 0.717) is 37.5 Å². The average Bonchev–Trinajstić information content (AvgIpc) is 3.35. The Hall–Kier alpha value is -2.68. The summed E-state index contributed by atoms with van der Waals surface area (Å²) in [5.41, 5.74) is 3.01. The van der Waals surface area contributed by atoms with Crippen LogP contribution >= 0.6 is 11.6 Å². The summed E-state index contributed by atoms with van der Waals surface area (Å²) in [5.74, 6) is -0.288. The fraction of sp³-hybridized carbons (Fsp3) is 0.450. The lowest BCUT2D eigenvalue weighted by Crippen LogP contribution is -2.37. The van der Waals surface area contributed by atoms with Gasteiger partial charge in [0.15, 0.2) is 0 Å². The fourth-order valence-electron chi connectivity index (χ4n) is 4.35. The number of likely N-dealkylation sites (tertiary alicyclic amines) is 1. The lowest BCUT2D eigenvalue weighted by atomic mass is 9.90. The van der Waals surface area contributed by atoms with Gasteiger partial charge in [0.25, 0.3) is 12.3 Å². The van der Waals surface area contributed by atoms with Gasteiger partial charge in [-0.3, -0.25) is 9.48 Å². The number of carboxylic acid groups (broad SMARTS) is 1. The van der Waals surface area contributed by atoms with Crippen LogP contribution in [0.3, 0.4) is 0 Å². The van der Waals surface area contributed by atoms with Gasteiger partial charge < -0.3 is 14.9 Å². The highest BCUT2D eigenvalue weighted by Gasteiger charge is 2.34. The van der Waals surface area contributed by atoms with Crippen molar-refractivity contribution in [3.05, 3.63) is 51.8 Å². The maximum Gasteiger partial charge on any atom is 0.407 e. The Labute approximate surface area is 176 Å². The number of alkyl halides is 2. The van der Waals surface area contributed by atoms with Gasteiger partial charge in [0, 0.05) is 30.9 Å². The van der Waals surface area contributed by atoms with Gasteiger partial charge >= 0.3 is 6.09 Å². The van der Waals surface area contributed by atoms with E-state index in [4.69, 9.17) is 11.6 Å². The van der Waals surface area contributed by atoms with Crippen molar-refractivity contribution in [2.24, 2.45) is 0 Å². The topological polar surface area (TPSA) is 78.7 Å². The van der Waals surface area contributed by atoms with Crippen molar-refractivity contribution >= 4 is 23.6 Å². The molecule has 1 fully saturated rings. The Balaban J connectivity index is 1.61. The number of rotatable bonds is 4. The van der Waals surface area contributed by atoms with Crippen LogP contribution in [-0.2, 0) is 19.5 Å². The zero-order valence-electron chi connectivity index (χ0n) is 16.1. The molecule has 1 saturated heterocycles. The number of hydrogen-bond acceptors (Lipinski definition) is 3. The predicted octanol–water partition coefficient (Wildman–Crippen LogP) is 3.82. The molecule has 2 aliphatic rings. The molecular weight excluding hydrogens is 418 g/mol. The molecule has 3 heterocycles. The van der Waals surface area contributed by atoms with Gasteiger partial charge in [-0.15, -0.1) is 0 Å². The number of fused-ring (bicyclic) bond motifs is 1. The number of benzene rings is 1. The van der Waals surface area contributed by atoms with Crippen molar-refractivity contribution in [3.63, 3.8) is 0 Å². The highest BCUT2D eigenvalue weighted by Crippen LogP contribution is 2.38. The van der Waals surface area contributed by atoms with Crippen LogP contribution in [0.15, 0.2) is 24.5 Å². The number of carbonyl (C=O) groups excluding carboxylic acids is 1. The first-order valence-electron chi connectivity index (χ1n) is 9.74. The molecule has 2 amide bonds. The van der Waals surface area contributed by atoms with E-state index in [-0.39, 0.29) is 17.5 Å². The van der Waals surface area contributed by atoms with Crippen LogP contribution < -0.4 is 0 Å². The standard InChI is InChI=1S/C20H21ClF2N4O3/c21-14-6-12-3-5-25(19(28)13-8-24-26(9-13)11-18(22)23)10-16(12)15(7-14)17-2-1-4-27(17)20(29)30/h6-9,17-18H,1-5,10-11H2,(H,29,30). The van der Waals surface area contributed by atoms with Crippen LogP contribution in [0, 0.1) is 0 Å². The molecule has 30 heavy (non-hydrogen) atoms. The van der Waals surface area contributed by atoms with E-state index in [0.717, 1.165) is 27.8 Å². The zero-order chi connectivity index (χ0) is 21.4. The molecule has 1 aromatic carbocycles. The highest BCUT2D eigenvalue weighted by atomic mass is 35.5. The van der Waals surface area contributed by atoms with E-state index in [9.17, 15) is 23.5 Å². The SMILES string of the molecule is O=C(c1cnn(CC(F)F)c1)N1CCc2cc(Cl)cc(C3CCCN3C(=O)O)c2C1. The first-order valence-corrected chi connectivity index (χ1v) is 10.1. The smallest absolute Gasteiger partial charge is 0.407 e. The van der Waals surface area contributed by atoms with Gasteiger partial charge in [-0.1, -0.05) is 11.6 Å². The Morgan fingerprint density at radius 2 is 2.10 bits per heavy atom. The summed E-state index contributed by atoms with van der Waals surface area (Å²) < 4.78 is 26.2. The number of aromatic nitrogens is 2. The second-order valence-electron chi connectivity index (χ2n) is 7.59. The summed E-state index contributed by atoms with van der Waals surface area (Å²) in [6.07, 6.45) is 1.16. The van der Waals surface area contributed by atoms with Gasteiger partial charge in [0.2, 0.25) is 0 Å². The van der Waals surface area contributed by atoms with Crippen molar-refractivity contribution in [2.45, 2.75) is 44.8 Å². The second kappa shape index (κ2) is 8.22. The maximum absolute atomic E-state index is 12.9. The molecule has 2 aliphatic heterocycles. The van der Waals surface area contributed by atoms with Crippen molar-refractivity contribution in [1.29, 1.82) is 0 Å². The second-order valence-corrected chi connectivity index (χ2v) is 8.02. The van der Waals surface area contributed by atoms with Crippen LogP contribution in [0.1, 0.15) is 45.9 Å². The molecule has 1 unspecified atom stereocenters. The minimum absolute atomic E-state index is 0.252. The first kappa shape index (κ1) is 20.6. The Morgan fingerprint density at radius 3 is 2.83 bits per heavy atom. The molecule has 7 nitrogen and oxygen atoms in total. The van der Waals surface area contributed by atoms with Crippen LogP contribution in [0.2, 0.25) is 5.02 Å². The molecule has 160 valence electrons. The molecular formula is C20H21ClF2N4O3. The number of amides is 2. The largest absolute Gasteiger partial charge is 0.465 e. The summed E-state index contributed by atoms with van der Waals surface area (Å²) in [4.78, 5) is 27.6. The molecule has 4 rings (SSSR count). The predicted molar refractivity (Wildman–Crippen MR) is 105 cm³/mol. The molecule has 0 spiro atoms. The van der Waals surface area contributed by atoms with Crippen LogP contribution in [0.5, 0.6) is 0 Å². The third kappa shape index (κ3) is 3.98. The van der Waals surface area contributed by atoms with Crippen molar-refractivity contribution in [1.82, 2.24) is 19.6 Å². The monoisotopic (exact) mass is 438 g/mol. The van der Waals surface area contributed by atoms with Crippen molar-refractivity contribution < 1.29 is 23.5 Å². The summed E-state index contributed by atoms with van der Waals surface area (Å²) in [7, 11) is 0. The Bertz CT molecular complexity index is 981. The van der Waals surface area contributed by atoms with Gasteiger partial charge in [-0.25, -0.2) is 13.6 Å². The molecule has 2 aromatic rings. The number of hydrogen-bond donors (Lipinski definition) is 1. The Kier molecular flexibility index (Phi) is 5.64. The molecule has 10 heteroatoms. The lowest BCUT2D eigenvalue weighted by Gasteiger charge is -2.33. The number of halogens is 3. The van der Waals surface area contributed by atoms with Crippen molar-refractivity contribution in [3.8, 4) is 0 Å². The fourth-order valence-corrected chi connectivity index (χ4v) is 4.59. The van der Waals surface area contributed by atoms with E-state index in [1.54, 1.807) is 11.0 Å². The van der Waals surface area contributed by atoms with Crippen LogP contribution in [-0.4, -0.2) is 56.2 Å². The van der Waals surface area contributed by atoms with Gasteiger partial charge in [0.05, 0.1) is 17.8 Å². The molecule has 0 saturated carbocycles. The summed E-state index contributed by atoms with van der Waals surface area (Å²) in [6.45, 7) is 0.669. The minimum atomic E-state index is -2.55. The van der Waals surface area contributed by atoms with E-state index >= 15 is 0 Å². The highest BCUT2D eigenvalue weighted by molar-refractivity contribution is 6.30. The van der Waals surface area contributed by atoms with Gasteiger partial charge in [-0.2, -0.15) is 5.10 Å². The molecule has 0 radical (unpaired) electrons. The third-order valence-electron chi connectivity index (χ3n) is 5.69. The van der Waals surface area contributed by atoms with Gasteiger partial charge in [-0.05, 0) is 48.1 Å². The summed E-state index contributed by atoms with van der Waals surface area (Å²) in [6, 6.07) is 3.36. The molecule has 0 aliphatic carbocycles. The molecule has 1 aromatic heterocycles. The first-order chi connectivity index (χ1) is 14.3. The van der Waals surface area contributed by atoms with E-state index in [2.05, 4.69) is 5.10 Å².